The van der Waals surface area contributed by atoms with Gasteiger partial charge in [-0.25, -0.2) is 0 Å². The first-order valence-corrected chi connectivity index (χ1v) is 9.62. The third-order valence-corrected chi connectivity index (χ3v) is 5.47. The predicted octanol–water partition coefficient (Wildman–Crippen LogP) is 5.09. The van der Waals surface area contributed by atoms with Gasteiger partial charge >= 0.3 is 0 Å². The maximum Gasteiger partial charge on any atom is 0.252 e. The van der Waals surface area contributed by atoms with E-state index in [-0.39, 0.29) is 12.5 Å². The first-order chi connectivity index (χ1) is 13.2. The van der Waals surface area contributed by atoms with E-state index in [1.54, 1.807) is 35.0 Å². The average molecular weight is 394 g/mol. The number of hydrogen-bond donors (Lipinski definition) is 1. The van der Waals surface area contributed by atoms with Gasteiger partial charge in [-0.15, -0.1) is 0 Å². The lowest BCUT2D eigenvalue weighted by molar-refractivity contribution is -0.117. The van der Waals surface area contributed by atoms with Crippen molar-refractivity contribution in [3.63, 3.8) is 0 Å². The summed E-state index contributed by atoms with van der Waals surface area (Å²) < 4.78 is 0. The fraction of sp³-hybridized carbons (Fsp3) is 0.0476. The number of nitrogens with one attached hydrogen (secondary N) is 1. The zero-order valence-electron chi connectivity index (χ0n) is 14.3. The molecule has 1 N–H and O–H groups in total. The molecule has 1 aliphatic rings. The lowest BCUT2D eigenvalue weighted by atomic mass is 10.2. The number of nitrogens with zero attached hydrogens (tertiary/aromatic N) is 2. The molecular formula is C21H16ClN3OS. The summed E-state index contributed by atoms with van der Waals surface area (Å²) in [6, 6.07) is 23.2. The summed E-state index contributed by atoms with van der Waals surface area (Å²) in [6.07, 6.45) is 1.66. The fourth-order valence-corrected chi connectivity index (χ4v) is 4.02. The smallest absolute Gasteiger partial charge is 0.252 e. The standard InChI is InChI=1S/C21H16ClN3OS/c22-16-11-9-15(10-12-16)13-23-24-14-21(26)25-17-5-1-3-7-19(17)27-20-8-4-2-6-18(20)25/h1-13,24H,14H2/b23-13-. The minimum atomic E-state index is -0.0662. The van der Waals surface area contributed by atoms with Crippen LogP contribution in [-0.2, 0) is 4.79 Å². The molecule has 3 aromatic rings. The predicted molar refractivity (Wildman–Crippen MR) is 111 cm³/mol. The van der Waals surface area contributed by atoms with Gasteiger partial charge in [-0.05, 0) is 42.0 Å². The number of rotatable bonds is 4. The van der Waals surface area contributed by atoms with Crippen LogP contribution < -0.4 is 10.3 Å². The molecule has 0 unspecified atom stereocenters. The second-order valence-corrected chi connectivity index (χ2v) is 7.43. The van der Waals surface area contributed by atoms with Crippen molar-refractivity contribution >= 4 is 46.9 Å². The van der Waals surface area contributed by atoms with Gasteiger partial charge in [-0.3, -0.25) is 9.69 Å². The van der Waals surface area contributed by atoms with Crippen molar-refractivity contribution in [3.05, 3.63) is 83.4 Å². The van der Waals surface area contributed by atoms with E-state index in [1.807, 2.05) is 60.7 Å². The Morgan fingerprint density at radius 3 is 2.19 bits per heavy atom. The molecule has 4 nitrogen and oxygen atoms in total. The van der Waals surface area contributed by atoms with Gasteiger partial charge in [-0.2, -0.15) is 5.10 Å². The quantitative estimate of drug-likeness (QED) is 0.495. The molecule has 134 valence electrons. The van der Waals surface area contributed by atoms with E-state index in [0.29, 0.717) is 5.02 Å². The Morgan fingerprint density at radius 2 is 1.56 bits per heavy atom. The zero-order valence-corrected chi connectivity index (χ0v) is 15.9. The molecule has 4 rings (SSSR count). The molecule has 27 heavy (non-hydrogen) atoms. The lowest BCUT2D eigenvalue weighted by Gasteiger charge is -2.30. The van der Waals surface area contributed by atoms with Crippen molar-refractivity contribution in [2.75, 3.05) is 11.4 Å². The second kappa shape index (κ2) is 7.86. The number of anilines is 2. The molecule has 0 radical (unpaired) electrons. The Kier molecular flexibility index (Phi) is 5.14. The number of fused-ring (bicyclic) bond motifs is 2. The molecule has 1 heterocycles. The number of carbonyl (C=O) groups excluding carboxylic acids is 1. The topological polar surface area (TPSA) is 44.7 Å². The summed E-state index contributed by atoms with van der Waals surface area (Å²) >= 11 is 7.55. The number of carbonyl (C=O) groups is 1. The molecule has 1 aliphatic heterocycles. The van der Waals surface area contributed by atoms with Crippen LogP contribution in [0.15, 0.2) is 87.7 Å². The van der Waals surface area contributed by atoms with Gasteiger partial charge in [0.2, 0.25) is 0 Å². The van der Waals surface area contributed by atoms with E-state index in [2.05, 4.69) is 10.5 Å². The number of halogens is 1. The van der Waals surface area contributed by atoms with Crippen molar-refractivity contribution in [2.24, 2.45) is 5.10 Å². The van der Waals surface area contributed by atoms with Crippen molar-refractivity contribution < 1.29 is 4.79 Å². The molecule has 0 saturated carbocycles. The highest BCUT2D eigenvalue weighted by Crippen LogP contribution is 2.47. The summed E-state index contributed by atoms with van der Waals surface area (Å²) in [6.45, 7) is 0.0947. The van der Waals surface area contributed by atoms with Gasteiger partial charge in [0, 0.05) is 14.8 Å². The van der Waals surface area contributed by atoms with Gasteiger partial charge in [0.1, 0.15) is 6.54 Å². The van der Waals surface area contributed by atoms with Crippen molar-refractivity contribution in [1.29, 1.82) is 0 Å². The van der Waals surface area contributed by atoms with Crippen LogP contribution in [0, 0.1) is 0 Å². The molecule has 6 heteroatoms. The van der Waals surface area contributed by atoms with E-state index >= 15 is 0 Å². The number of hydrogen-bond acceptors (Lipinski definition) is 4. The Bertz CT molecular complexity index is 959. The molecule has 0 bridgehead atoms. The molecule has 1 amide bonds. The third kappa shape index (κ3) is 3.84. The minimum absolute atomic E-state index is 0.0662. The van der Waals surface area contributed by atoms with Gasteiger partial charge in [0.15, 0.2) is 0 Å². The summed E-state index contributed by atoms with van der Waals surface area (Å²) in [5, 5.41) is 4.82. The van der Waals surface area contributed by atoms with Gasteiger partial charge in [-0.1, -0.05) is 59.8 Å². The third-order valence-electron chi connectivity index (χ3n) is 4.09. The first kappa shape index (κ1) is 17.6. The number of benzene rings is 3. The number of para-hydroxylation sites is 2. The highest BCUT2D eigenvalue weighted by molar-refractivity contribution is 7.99. The number of amides is 1. The minimum Gasteiger partial charge on any atom is -0.301 e. The molecular weight excluding hydrogens is 378 g/mol. The second-order valence-electron chi connectivity index (χ2n) is 5.91. The largest absolute Gasteiger partial charge is 0.301 e. The van der Waals surface area contributed by atoms with E-state index in [9.17, 15) is 4.79 Å². The molecule has 0 aliphatic carbocycles. The summed E-state index contributed by atoms with van der Waals surface area (Å²) in [4.78, 5) is 16.8. The average Bonchev–Trinajstić information content (AvgIpc) is 2.70. The Morgan fingerprint density at radius 1 is 0.963 bits per heavy atom. The maximum absolute atomic E-state index is 12.9. The van der Waals surface area contributed by atoms with Crippen LogP contribution in [0.1, 0.15) is 5.56 Å². The molecule has 0 spiro atoms. The summed E-state index contributed by atoms with van der Waals surface area (Å²) in [5.41, 5.74) is 5.55. The fourth-order valence-electron chi connectivity index (χ4n) is 2.83. The van der Waals surface area contributed by atoms with Crippen LogP contribution in [-0.4, -0.2) is 18.7 Å². The van der Waals surface area contributed by atoms with Crippen LogP contribution in [0.3, 0.4) is 0 Å². The Hall–Kier alpha value is -2.76. The van der Waals surface area contributed by atoms with Gasteiger partial charge in [0.05, 0.1) is 17.6 Å². The van der Waals surface area contributed by atoms with Crippen molar-refractivity contribution in [3.8, 4) is 0 Å². The van der Waals surface area contributed by atoms with Gasteiger partial charge in [0.25, 0.3) is 5.91 Å². The van der Waals surface area contributed by atoms with Crippen LogP contribution in [0.25, 0.3) is 0 Å². The summed E-state index contributed by atoms with van der Waals surface area (Å²) in [7, 11) is 0. The summed E-state index contributed by atoms with van der Waals surface area (Å²) in [5.74, 6) is -0.0662. The van der Waals surface area contributed by atoms with Gasteiger partial charge < -0.3 is 5.43 Å². The Balaban J connectivity index is 1.51. The highest BCUT2D eigenvalue weighted by Gasteiger charge is 2.27. The van der Waals surface area contributed by atoms with Crippen LogP contribution in [0.5, 0.6) is 0 Å². The Labute approximate surface area is 166 Å². The maximum atomic E-state index is 12.9. The van der Waals surface area contributed by atoms with Crippen LogP contribution >= 0.6 is 23.4 Å². The highest BCUT2D eigenvalue weighted by atomic mass is 35.5. The van der Waals surface area contributed by atoms with E-state index in [0.717, 1.165) is 26.7 Å². The first-order valence-electron chi connectivity index (χ1n) is 8.43. The van der Waals surface area contributed by atoms with E-state index in [4.69, 9.17) is 11.6 Å². The lowest BCUT2D eigenvalue weighted by Crippen LogP contribution is -2.35. The van der Waals surface area contributed by atoms with Crippen LogP contribution in [0.2, 0.25) is 5.02 Å². The van der Waals surface area contributed by atoms with E-state index < -0.39 is 0 Å². The molecule has 0 fully saturated rings. The SMILES string of the molecule is O=C(CN/N=C\c1ccc(Cl)cc1)N1c2ccccc2Sc2ccccc21. The monoisotopic (exact) mass is 393 g/mol. The van der Waals surface area contributed by atoms with E-state index in [1.165, 1.54) is 0 Å². The molecule has 0 aromatic heterocycles. The van der Waals surface area contributed by atoms with Crippen molar-refractivity contribution in [1.82, 2.24) is 5.43 Å². The number of hydrazone groups is 1. The molecule has 3 aromatic carbocycles. The van der Waals surface area contributed by atoms with Crippen molar-refractivity contribution in [2.45, 2.75) is 9.79 Å². The van der Waals surface area contributed by atoms with Crippen LogP contribution in [0.4, 0.5) is 11.4 Å². The molecule has 0 atom stereocenters. The zero-order chi connectivity index (χ0) is 18.6. The molecule has 0 saturated heterocycles. The normalized spacial score (nSPS) is 12.6.